The molecular weight excluding hydrogens is 250 g/mol. The van der Waals surface area contributed by atoms with Crippen molar-refractivity contribution in [2.24, 2.45) is 0 Å². The monoisotopic (exact) mass is 267 g/mol. The van der Waals surface area contributed by atoms with Crippen LogP contribution in [0.5, 0.6) is 0 Å². The van der Waals surface area contributed by atoms with Gasteiger partial charge in [0.25, 0.3) is 0 Å². The van der Waals surface area contributed by atoms with Gasteiger partial charge in [-0.1, -0.05) is 0 Å². The summed E-state index contributed by atoms with van der Waals surface area (Å²) in [7, 11) is 0. The van der Waals surface area contributed by atoms with Crippen molar-refractivity contribution >= 4 is 30.3 Å². The Labute approximate surface area is 106 Å². The van der Waals surface area contributed by atoms with Crippen LogP contribution in [0, 0.1) is 0 Å². The number of carboxylic acid groups (broad SMARTS) is 1. The number of nitrogens with one attached hydrogen (secondary N) is 1. The number of amides is 1. The summed E-state index contributed by atoms with van der Waals surface area (Å²) in [5, 5.41) is 10.9. The minimum atomic E-state index is -1.26. The molecule has 17 heavy (non-hydrogen) atoms. The molecule has 0 aromatic heterocycles. The summed E-state index contributed by atoms with van der Waals surface area (Å²) in [5.74, 6) is -1.58. The van der Waals surface area contributed by atoms with E-state index in [9.17, 15) is 14.4 Å². The van der Waals surface area contributed by atoms with E-state index in [1.807, 2.05) is 0 Å². The van der Waals surface area contributed by atoms with Gasteiger partial charge in [-0.05, 0) is 27.7 Å². The number of Topliss-reactive ketones (excluding diaryl/α,β-unsaturated/α-hetero) is 1. The molecule has 6 nitrogen and oxygen atoms in total. The van der Waals surface area contributed by atoms with Crippen molar-refractivity contribution in [3.63, 3.8) is 0 Å². The quantitative estimate of drug-likeness (QED) is 0.802. The zero-order valence-corrected chi connectivity index (χ0v) is 11.1. The Kier molecular flexibility index (Phi) is 7.56. The smallest absolute Gasteiger partial charge is 0.408 e. The number of carbonyl (C=O) groups is 3. The van der Waals surface area contributed by atoms with E-state index in [0.717, 1.165) is 0 Å². The zero-order valence-electron chi connectivity index (χ0n) is 10.3. The average Bonchev–Trinajstić information content (AvgIpc) is 1.97. The van der Waals surface area contributed by atoms with Crippen LogP contribution >= 0.6 is 12.4 Å². The van der Waals surface area contributed by atoms with E-state index in [4.69, 9.17) is 9.84 Å². The first kappa shape index (κ1) is 18.1. The predicted octanol–water partition coefficient (Wildman–Crippen LogP) is 1.37. The Morgan fingerprint density at radius 1 is 1.29 bits per heavy atom. The minimum absolute atomic E-state index is 0. The molecule has 0 fully saturated rings. The molecule has 0 unspecified atom stereocenters. The molecule has 0 aromatic carbocycles. The Bertz CT molecular complexity index is 298. The lowest BCUT2D eigenvalue weighted by Crippen LogP contribution is -2.44. The van der Waals surface area contributed by atoms with Gasteiger partial charge in [-0.25, -0.2) is 9.59 Å². The van der Waals surface area contributed by atoms with Crippen molar-refractivity contribution in [2.45, 2.75) is 45.8 Å². The minimum Gasteiger partial charge on any atom is -0.480 e. The summed E-state index contributed by atoms with van der Waals surface area (Å²) in [4.78, 5) is 32.7. The van der Waals surface area contributed by atoms with Crippen LogP contribution in [-0.4, -0.2) is 34.6 Å². The van der Waals surface area contributed by atoms with Crippen LogP contribution < -0.4 is 5.32 Å². The Hall–Kier alpha value is -1.30. The molecule has 0 saturated heterocycles. The summed E-state index contributed by atoms with van der Waals surface area (Å²) in [6.07, 6.45) is -1.10. The first-order chi connectivity index (χ1) is 7.11. The standard InChI is InChI=1S/C10H17NO5.ClH/c1-6(12)5-7(8(13)14)11-9(15)16-10(2,3)4;/h7H,5H2,1-4H3,(H,11,15)(H,13,14);1H/t7-;/m0./s1. The number of ketones is 1. The molecule has 7 heteroatoms. The number of hydrogen-bond acceptors (Lipinski definition) is 4. The molecule has 0 bridgehead atoms. The lowest BCUT2D eigenvalue weighted by molar-refractivity contribution is -0.141. The maximum absolute atomic E-state index is 11.2. The highest BCUT2D eigenvalue weighted by molar-refractivity contribution is 5.87. The third-order valence-corrected chi connectivity index (χ3v) is 1.48. The van der Waals surface area contributed by atoms with Crippen LogP contribution in [0.3, 0.4) is 0 Å². The van der Waals surface area contributed by atoms with E-state index in [-0.39, 0.29) is 24.6 Å². The number of aliphatic carboxylic acids is 1. The fraction of sp³-hybridized carbons (Fsp3) is 0.700. The fourth-order valence-corrected chi connectivity index (χ4v) is 0.937. The SMILES string of the molecule is CC(=O)C[C@H](NC(=O)OC(C)(C)C)C(=O)O.Cl. The van der Waals surface area contributed by atoms with E-state index < -0.39 is 23.7 Å². The molecule has 0 rings (SSSR count). The summed E-state index contributed by atoms with van der Waals surface area (Å²) < 4.78 is 4.88. The fourth-order valence-electron chi connectivity index (χ4n) is 0.937. The van der Waals surface area contributed by atoms with Crippen LogP contribution in [0.2, 0.25) is 0 Å². The average molecular weight is 268 g/mol. The summed E-state index contributed by atoms with van der Waals surface area (Å²) in [6, 6.07) is -1.24. The number of hydrogen-bond donors (Lipinski definition) is 2. The predicted molar refractivity (Wildman–Crippen MR) is 63.3 cm³/mol. The van der Waals surface area contributed by atoms with Crippen LogP contribution in [0.4, 0.5) is 4.79 Å². The zero-order chi connectivity index (χ0) is 12.9. The first-order valence-electron chi connectivity index (χ1n) is 4.83. The molecule has 2 N–H and O–H groups in total. The second-order valence-corrected chi connectivity index (χ2v) is 4.44. The van der Waals surface area contributed by atoms with Crippen molar-refractivity contribution in [1.82, 2.24) is 5.32 Å². The van der Waals surface area contributed by atoms with Gasteiger partial charge in [0.1, 0.15) is 17.4 Å². The molecule has 1 atom stereocenters. The van der Waals surface area contributed by atoms with Crippen LogP contribution in [0.1, 0.15) is 34.1 Å². The Balaban J connectivity index is 0. The summed E-state index contributed by atoms with van der Waals surface area (Å²) in [5.41, 5.74) is -0.705. The second kappa shape index (κ2) is 7.11. The van der Waals surface area contributed by atoms with Gasteiger partial charge in [0.15, 0.2) is 0 Å². The highest BCUT2D eigenvalue weighted by Gasteiger charge is 2.24. The topological polar surface area (TPSA) is 92.7 Å². The molecule has 0 aliphatic heterocycles. The second-order valence-electron chi connectivity index (χ2n) is 4.44. The summed E-state index contributed by atoms with van der Waals surface area (Å²) in [6.45, 7) is 6.24. The van der Waals surface area contributed by atoms with Gasteiger partial charge in [-0.3, -0.25) is 4.79 Å². The largest absolute Gasteiger partial charge is 0.480 e. The molecule has 0 aliphatic carbocycles. The van der Waals surface area contributed by atoms with Gasteiger partial charge in [0, 0.05) is 6.42 Å². The van der Waals surface area contributed by atoms with Gasteiger partial charge in [0.05, 0.1) is 0 Å². The number of carboxylic acids is 1. The van der Waals surface area contributed by atoms with Gasteiger partial charge in [-0.2, -0.15) is 0 Å². The molecule has 0 radical (unpaired) electrons. The highest BCUT2D eigenvalue weighted by Crippen LogP contribution is 2.07. The summed E-state index contributed by atoms with van der Waals surface area (Å²) >= 11 is 0. The van der Waals surface area contributed by atoms with E-state index in [1.54, 1.807) is 20.8 Å². The van der Waals surface area contributed by atoms with E-state index >= 15 is 0 Å². The molecule has 100 valence electrons. The van der Waals surface area contributed by atoms with Gasteiger partial charge < -0.3 is 15.2 Å². The van der Waals surface area contributed by atoms with E-state index in [2.05, 4.69) is 5.32 Å². The number of rotatable bonds is 4. The Morgan fingerprint density at radius 3 is 2.06 bits per heavy atom. The lowest BCUT2D eigenvalue weighted by atomic mass is 10.1. The molecule has 0 aromatic rings. The third kappa shape index (κ3) is 9.62. The number of alkyl carbamates (subject to hydrolysis) is 1. The maximum atomic E-state index is 11.2. The van der Waals surface area contributed by atoms with Crippen LogP contribution in [0.15, 0.2) is 0 Å². The normalized spacial score (nSPS) is 12.0. The number of ether oxygens (including phenoxy) is 1. The molecule has 1 amide bonds. The van der Waals surface area contributed by atoms with Crippen molar-refractivity contribution in [2.75, 3.05) is 0 Å². The van der Waals surface area contributed by atoms with Crippen molar-refractivity contribution in [3.05, 3.63) is 0 Å². The first-order valence-corrected chi connectivity index (χ1v) is 4.83. The number of carbonyl (C=O) groups excluding carboxylic acids is 2. The third-order valence-electron chi connectivity index (χ3n) is 1.48. The van der Waals surface area contributed by atoms with Crippen LogP contribution in [-0.2, 0) is 14.3 Å². The van der Waals surface area contributed by atoms with Crippen molar-refractivity contribution in [1.29, 1.82) is 0 Å². The molecular formula is C10H18ClNO5. The van der Waals surface area contributed by atoms with Gasteiger partial charge in [-0.15, -0.1) is 12.4 Å². The van der Waals surface area contributed by atoms with Gasteiger partial charge >= 0.3 is 12.1 Å². The van der Waals surface area contributed by atoms with Gasteiger partial charge in [0.2, 0.25) is 0 Å². The lowest BCUT2D eigenvalue weighted by Gasteiger charge is -2.21. The molecule has 0 saturated carbocycles. The van der Waals surface area contributed by atoms with Crippen molar-refractivity contribution < 1.29 is 24.2 Å². The maximum Gasteiger partial charge on any atom is 0.408 e. The van der Waals surface area contributed by atoms with Crippen molar-refractivity contribution in [3.8, 4) is 0 Å². The van der Waals surface area contributed by atoms with E-state index in [0.29, 0.717) is 0 Å². The van der Waals surface area contributed by atoms with Crippen LogP contribution in [0.25, 0.3) is 0 Å². The molecule has 0 heterocycles. The highest BCUT2D eigenvalue weighted by atomic mass is 35.5. The molecule has 0 aliphatic rings. The van der Waals surface area contributed by atoms with E-state index in [1.165, 1.54) is 6.92 Å². The number of halogens is 1. The Morgan fingerprint density at radius 2 is 1.76 bits per heavy atom. The molecule has 0 spiro atoms.